The third-order valence-electron chi connectivity index (χ3n) is 5.57. The zero-order chi connectivity index (χ0) is 22.3. The molecule has 0 amide bonds. The van der Waals surface area contributed by atoms with E-state index in [-0.39, 0.29) is 0 Å². The molecule has 1 saturated heterocycles. The maximum Gasteiger partial charge on any atom is 0.263 e. The zero-order valence-corrected chi connectivity index (χ0v) is 19.6. The number of rotatable bonds is 9. The Morgan fingerprint density at radius 2 is 1.81 bits per heavy atom. The number of piperazine rings is 1. The number of anilines is 2. The summed E-state index contributed by atoms with van der Waals surface area (Å²) in [7, 11) is 1.64. The molecular formula is C23H27Cl2N5O2. The minimum absolute atomic E-state index is 0.494. The summed E-state index contributed by atoms with van der Waals surface area (Å²) in [5.74, 6) is 1.81. The number of nitrogens with one attached hydrogen (secondary N) is 1. The normalized spacial score (nSPS) is 14.5. The van der Waals surface area contributed by atoms with E-state index in [9.17, 15) is 0 Å². The Labute approximate surface area is 198 Å². The van der Waals surface area contributed by atoms with Crippen molar-refractivity contribution in [3.63, 3.8) is 0 Å². The molecule has 1 aliphatic rings. The molecule has 1 aliphatic heterocycles. The van der Waals surface area contributed by atoms with E-state index in [1.807, 2.05) is 42.5 Å². The van der Waals surface area contributed by atoms with Crippen LogP contribution in [-0.2, 0) is 0 Å². The lowest BCUT2D eigenvalue weighted by Gasteiger charge is -2.36. The molecule has 0 radical (unpaired) electrons. The molecule has 3 aromatic rings. The summed E-state index contributed by atoms with van der Waals surface area (Å²) < 4.78 is 10.5. The maximum absolute atomic E-state index is 6.35. The van der Waals surface area contributed by atoms with Crippen LogP contribution in [0.2, 0.25) is 10.0 Å². The minimum atomic E-state index is 0.494. The molecule has 4 rings (SSSR count). The van der Waals surface area contributed by atoms with Crippen molar-refractivity contribution in [1.29, 1.82) is 0 Å². The number of hydrogen-bond acceptors (Lipinski definition) is 7. The van der Waals surface area contributed by atoms with Crippen LogP contribution < -0.4 is 15.0 Å². The highest BCUT2D eigenvalue weighted by Gasteiger charge is 2.18. The van der Waals surface area contributed by atoms with Crippen LogP contribution in [0.25, 0.3) is 11.5 Å². The lowest BCUT2D eigenvalue weighted by Crippen LogP contribution is -2.46. The molecule has 0 unspecified atom stereocenters. The molecule has 0 atom stereocenters. The highest BCUT2D eigenvalue weighted by Crippen LogP contribution is 2.29. The van der Waals surface area contributed by atoms with E-state index in [1.54, 1.807) is 7.11 Å². The molecule has 2 aromatic carbocycles. The highest BCUT2D eigenvalue weighted by atomic mass is 35.5. The average Bonchev–Trinajstić information content (AvgIpc) is 3.28. The maximum atomic E-state index is 6.35. The van der Waals surface area contributed by atoms with E-state index in [1.165, 1.54) is 0 Å². The summed E-state index contributed by atoms with van der Waals surface area (Å²) in [5.41, 5.74) is 1.93. The van der Waals surface area contributed by atoms with E-state index in [0.29, 0.717) is 21.9 Å². The first-order valence-electron chi connectivity index (χ1n) is 10.8. The molecule has 1 N–H and O–H groups in total. The third-order valence-corrected chi connectivity index (χ3v) is 6.11. The molecule has 32 heavy (non-hydrogen) atoms. The van der Waals surface area contributed by atoms with Gasteiger partial charge in [0.15, 0.2) is 0 Å². The summed E-state index contributed by atoms with van der Waals surface area (Å²) in [4.78, 5) is 9.23. The fourth-order valence-electron chi connectivity index (χ4n) is 3.76. The van der Waals surface area contributed by atoms with E-state index in [4.69, 9.17) is 32.5 Å². The van der Waals surface area contributed by atoms with Gasteiger partial charge in [-0.15, -0.1) is 0 Å². The second kappa shape index (κ2) is 10.9. The number of halogens is 2. The van der Waals surface area contributed by atoms with Crippen LogP contribution in [0.4, 0.5) is 11.6 Å². The van der Waals surface area contributed by atoms with Gasteiger partial charge in [-0.2, -0.15) is 4.98 Å². The predicted octanol–water partition coefficient (Wildman–Crippen LogP) is 5.07. The summed E-state index contributed by atoms with van der Waals surface area (Å²) in [5, 5.41) is 8.64. The van der Waals surface area contributed by atoms with Gasteiger partial charge in [-0.25, -0.2) is 0 Å². The van der Waals surface area contributed by atoms with Crippen LogP contribution >= 0.6 is 23.2 Å². The lowest BCUT2D eigenvalue weighted by molar-refractivity contribution is 0.254. The van der Waals surface area contributed by atoms with E-state index >= 15 is 0 Å². The Balaban J connectivity index is 1.14. The van der Waals surface area contributed by atoms with E-state index < -0.39 is 0 Å². The fraction of sp³-hybridized carbons (Fsp3) is 0.391. The fourth-order valence-corrected chi connectivity index (χ4v) is 4.28. The van der Waals surface area contributed by atoms with E-state index in [2.05, 4.69) is 25.3 Å². The molecule has 170 valence electrons. The number of hydrogen-bond donors (Lipinski definition) is 1. The van der Waals surface area contributed by atoms with Crippen LogP contribution in [0.5, 0.6) is 5.75 Å². The van der Waals surface area contributed by atoms with Crippen molar-refractivity contribution >= 4 is 34.8 Å². The first-order chi connectivity index (χ1) is 15.6. The van der Waals surface area contributed by atoms with Gasteiger partial charge in [0.1, 0.15) is 5.75 Å². The molecule has 0 bridgehead atoms. The summed E-state index contributed by atoms with van der Waals surface area (Å²) in [6.45, 7) is 5.88. The summed E-state index contributed by atoms with van der Waals surface area (Å²) in [6, 6.07) is 13.2. The quantitative estimate of drug-likeness (QED) is 0.433. The number of ether oxygens (including phenoxy) is 1. The zero-order valence-electron chi connectivity index (χ0n) is 18.1. The standard InChI is InChI=1S/C23H27Cl2N5O2/c1-31-19-7-4-17(5-8-19)22-27-23(28-32-22)26-10-2-3-11-29-12-14-30(15-13-29)21-9-6-18(24)16-20(21)25/h4-9,16H,2-3,10-15H2,1H3,(H,26,28). The van der Waals surface area contributed by atoms with Crippen LogP contribution in [0.3, 0.4) is 0 Å². The molecule has 7 nitrogen and oxygen atoms in total. The molecule has 0 saturated carbocycles. The molecular weight excluding hydrogens is 449 g/mol. The van der Waals surface area contributed by atoms with Crippen molar-refractivity contribution in [2.24, 2.45) is 0 Å². The van der Waals surface area contributed by atoms with Crippen molar-refractivity contribution < 1.29 is 9.26 Å². The van der Waals surface area contributed by atoms with Gasteiger partial charge < -0.3 is 19.5 Å². The molecule has 0 aliphatic carbocycles. The van der Waals surface area contributed by atoms with Crippen molar-refractivity contribution in [2.75, 3.05) is 56.6 Å². The number of benzene rings is 2. The van der Waals surface area contributed by atoms with Gasteiger partial charge in [-0.3, -0.25) is 4.90 Å². The predicted molar refractivity (Wildman–Crippen MR) is 129 cm³/mol. The van der Waals surface area contributed by atoms with Crippen LogP contribution in [0.15, 0.2) is 47.0 Å². The number of aromatic nitrogens is 2. The Morgan fingerprint density at radius 1 is 1.03 bits per heavy atom. The van der Waals surface area contributed by atoms with Gasteiger partial charge in [-0.05, 0) is 67.0 Å². The largest absolute Gasteiger partial charge is 0.497 e. The van der Waals surface area contributed by atoms with Crippen LogP contribution in [0, 0.1) is 0 Å². The lowest BCUT2D eigenvalue weighted by atomic mass is 10.2. The molecule has 1 aromatic heterocycles. The van der Waals surface area contributed by atoms with Crippen LogP contribution in [0.1, 0.15) is 12.8 Å². The topological polar surface area (TPSA) is 66.7 Å². The van der Waals surface area contributed by atoms with Gasteiger partial charge in [-0.1, -0.05) is 23.2 Å². The molecule has 2 heterocycles. The average molecular weight is 476 g/mol. The van der Waals surface area contributed by atoms with Crippen molar-refractivity contribution in [2.45, 2.75) is 12.8 Å². The van der Waals surface area contributed by atoms with Crippen molar-refractivity contribution in [3.8, 4) is 17.2 Å². The van der Waals surface area contributed by atoms with Crippen molar-refractivity contribution in [1.82, 2.24) is 15.0 Å². The highest BCUT2D eigenvalue weighted by molar-refractivity contribution is 6.36. The Bertz CT molecular complexity index is 1000. The second-order valence-corrected chi connectivity index (χ2v) is 8.55. The number of nitrogens with zero attached hydrogens (tertiary/aromatic N) is 4. The third kappa shape index (κ3) is 5.85. The minimum Gasteiger partial charge on any atom is -0.497 e. The summed E-state index contributed by atoms with van der Waals surface area (Å²) in [6.07, 6.45) is 2.15. The first kappa shape index (κ1) is 22.7. The van der Waals surface area contributed by atoms with Crippen LogP contribution in [-0.4, -0.2) is 61.4 Å². The van der Waals surface area contributed by atoms with Gasteiger partial charge in [0.2, 0.25) is 0 Å². The Hall–Kier alpha value is -2.48. The number of unbranched alkanes of at least 4 members (excludes halogenated alkanes) is 1. The molecule has 0 spiro atoms. The SMILES string of the molecule is COc1ccc(-c2nc(NCCCCN3CCN(c4ccc(Cl)cc4Cl)CC3)no2)cc1. The molecule has 9 heteroatoms. The smallest absolute Gasteiger partial charge is 0.263 e. The van der Waals surface area contributed by atoms with Gasteiger partial charge in [0.25, 0.3) is 11.8 Å². The van der Waals surface area contributed by atoms with Gasteiger partial charge in [0, 0.05) is 43.3 Å². The number of methoxy groups -OCH3 is 1. The second-order valence-electron chi connectivity index (χ2n) is 7.71. The monoisotopic (exact) mass is 475 g/mol. The van der Waals surface area contributed by atoms with Gasteiger partial charge in [0.05, 0.1) is 17.8 Å². The van der Waals surface area contributed by atoms with Gasteiger partial charge >= 0.3 is 0 Å². The molecule has 1 fully saturated rings. The van der Waals surface area contributed by atoms with E-state index in [0.717, 1.165) is 69.1 Å². The van der Waals surface area contributed by atoms with Crippen molar-refractivity contribution in [3.05, 3.63) is 52.5 Å². The first-order valence-corrected chi connectivity index (χ1v) is 11.5. The summed E-state index contributed by atoms with van der Waals surface area (Å²) >= 11 is 12.4. The Kier molecular flexibility index (Phi) is 7.73. The Morgan fingerprint density at radius 3 is 2.53 bits per heavy atom.